The van der Waals surface area contributed by atoms with Gasteiger partial charge in [-0.15, -0.1) is 0 Å². The molecule has 1 N–H and O–H groups in total. The van der Waals surface area contributed by atoms with Crippen LogP contribution in [0.4, 0.5) is 0 Å². The van der Waals surface area contributed by atoms with Crippen LogP contribution in [0, 0.1) is 10.8 Å². The van der Waals surface area contributed by atoms with Crippen LogP contribution < -0.4 is 5.32 Å². The fraction of sp³-hybridized carbons (Fsp3) is 0.529. The van der Waals surface area contributed by atoms with E-state index in [0.29, 0.717) is 11.1 Å². The molecular weight excluding hydrogens is 266 g/mol. The third kappa shape index (κ3) is 2.94. The molecule has 1 aromatic rings. The van der Waals surface area contributed by atoms with Crippen molar-refractivity contribution in [3.05, 3.63) is 35.4 Å². The summed E-state index contributed by atoms with van der Waals surface area (Å²) in [6, 6.07) is 6.67. The lowest BCUT2D eigenvalue weighted by atomic mass is 9.52. The van der Waals surface area contributed by atoms with Gasteiger partial charge in [0.05, 0.1) is 12.7 Å². The zero-order chi connectivity index (χ0) is 15.8. The second-order valence-electron chi connectivity index (χ2n) is 7.13. The lowest BCUT2D eigenvalue weighted by Gasteiger charge is -2.57. The van der Waals surface area contributed by atoms with Gasteiger partial charge in [-0.05, 0) is 41.5 Å². The number of amides is 1. The fourth-order valence-electron chi connectivity index (χ4n) is 3.79. The molecule has 0 spiro atoms. The van der Waals surface area contributed by atoms with E-state index in [9.17, 15) is 9.59 Å². The van der Waals surface area contributed by atoms with Gasteiger partial charge in [-0.1, -0.05) is 27.7 Å². The molecule has 1 aromatic carbocycles. The zero-order valence-corrected chi connectivity index (χ0v) is 13.3. The fourth-order valence-corrected chi connectivity index (χ4v) is 3.79. The molecule has 0 saturated heterocycles. The maximum Gasteiger partial charge on any atom is 0.337 e. The Morgan fingerprint density at radius 2 is 1.52 bits per heavy atom. The van der Waals surface area contributed by atoms with Crippen molar-refractivity contribution >= 4 is 11.9 Å². The van der Waals surface area contributed by atoms with Crippen molar-refractivity contribution in [3.63, 3.8) is 0 Å². The van der Waals surface area contributed by atoms with Crippen LogP contribution in [-0.4, -0.2) is 25.0 Å². The highest BCUT2D eigenvalue weighted by atomic mass is 16.5. The molecule has 0 aliphatic heterocycles. The number of carbonyl (C=O) groups excluding carboxylic acids is 2. The maximum atomic E-state index is 12.3. The largest absolute Gasteiger partial charge is 0.465 e. The van der Waals surface area contributed by atoms with Crippen molar-refractivity contribution in [1.82, 2.24) is 5.32 Å². The zero-order valence-electron chi connectivity index (χ0n) is 13.3. The average Bonchev–Trinajstić information content (AvgIpc) is 2.42. The van der Waals surface area contributed by atoms with E-state index < -0.39 is 5.97 Å². The van der Waals surface area contributed by atoms with Gasteiger partial charge in [0.1, 0.15) is 0 Å². The van der Waals surface area contributed by atoms with Gasteiger partial charge in [-0.3, -0.25) is 4.79 Å². The first-order valence-corrected chi connectivity index (χ1v) is 7.17. The highest BCUT2D eigenvalue weighted by Gasteiger charge is 2.53. The van der Waals surface area contributed by atoms with Crippen LogP contribution >= 0.6 is 0 Å². The number of nitrogens with one attached hydrogen (secondary N) is 1. The van der Waals surface area contributed by atoms with Crippen LogP contribution in [0.3, 0.4) is 0 Å². The first kappa shape index (κ1) is 15.5. The number of hydrogen-bond acceptors (Lipinski definition) is 3. The minimum Gasteiger partial charge on any atom is -0.465 e. The Kier molecular flexibility index (Phi) is 3.83. The molecule has 0 bridgehead atoms. The van der Waals surface area contributed by atoms with Gasteiger partial charge in [0, 0.05) is 11.6 Å². The van der Waals surface area contributed by atoms with E-state index in [1.165, 1.54) is 7.11 Å². The lowest BCUT2D eigenvalue weighted by Crippen LogP contribution is -2.63. The number of ether oxygens (including phenoxy) is 1. The molecule has 0 aromatic heterocycles. The minimum absolute atomic E-state index is 0.0998. The van der Waals surface area contributed by atoms with Crippen LogP contribution in [0.1, 0.15) is 54.8 Å². The predicted molar refractivity (Wildman–Crippen MR) is 81.2 cm³/mol. The summed E-state index contributed by atoms with van der Waals surface area (Å²) >= 11 is 0. The minimum atomic E-state index is -0.400. The van der Waals surface area contributed by atoms with Crippen LogP contribution in [0.25, 0.3) is 0 Å². The van der Waals surface area contributed by atoms with Gasteiger partial charge in [0.25, 0.3) is 5.91 Å². The van der Waals surface area contributed by atoms with Gasteiger partial charge in [-0.25, -0.2) is 4.79 Å². The summed E-state index contributed by atoms with van der Waals surface area (Å²) in [6.07, 6.45) is 1.09. The number of hydrogen-bond donors (Lipinski definition) is 1. The van der Waals surface area contributed by atoms with Crippen molar-refractivity contribution in [2.45, 2.75) is 40.2 Å². The summed E-state index contributed by atoms with van der Waals surface area (Å²) in [5.41, 5.74) is 1.23. The van der Waals surface area contributed by atoms with E-state index in [-0.39, 0.29) is 22.8 Å². The number of benzene rings is 1. The van der Waals surface area contributed by atoms with E-state index in [1.54, 1.807) is 24.3 Å². The molecule has 0 atom stereocenters. The quantitative estimate of drug-likeness (QED) is 0.870. The number of esters is 1. The molecule has 2 rings (SSSR count). The summed E-state index contributed by atoms with van der Waals surface area (Å²) in [6.45, 7) is 8.68. The predicted octanol–water partition coefficient (Wildman–Crippen LogP) is 3.03. The average molecular weight is 289 g/mol. The van der Waals surface area contributed by atoms with Gasteiger partial charge >= 0.3 is 5.97 Å². The molecule has 1 saturated carbocycles. The molecule has 0 heterocycles. The van der Waals surface area contributed by atoms with E-state index in [2.05, 4.69) is 37.7 Å². The van der Waals surface area contributed by atoms with Gasteiger partial charge in [-0.2, -0.15) is 0 Å². The van der Waals surface area contributed by atoms with Gasteiger partial charge < -0.3 is 10.1 Å². The SMILES string of the molecule is COC(=O)c1ccc(C(=O)NC2C(C)(C)CC2(C)C)cc1. The number of carbonyl (C=O) groups is 2. The van der Waals surface area contributed by atoms with E-state index in [1.807, 2.05) is 0 Å². The maximum absolute atomic E-state index is 12.3. The summed E-state index contributed by atoms with van der Waals surface area (Å²) in [5, 5.41) is 3.12. The molecule has 1 amide bonds. The first-order valence-electron chi connectivity index (χ1n) is 7.17. The normalized spacial score (nSPS) is 19.5. The molecule has 1 fully saturated rings. The Morgan fingerprint density at radius 3 is 1.95 bits per heavy atom. The molecule has 1 aliphatic rings. The summed E-state index contributed by atoms with van der Waals surface area (Å²) in [7, 11) is 1.34. The Morgan fingerprint density at radius 1 is 1.05 bits per heavy atom. The highest BCUT2D eigenvalue weighted by Crippen LogP contribution is 2.53. The Labute approximate surface area is 125 Å². The van der Waals surface area contributed by atoms with E-state index in [4.69, 9.17) is 0 Å². The second-order valence-corrected chi connectivity index (χ2v) is 7.13. The van der Waals surface area contributed by atoms with E-state index >= 15 is 0 Å². The standard InChI is InChI=1S/C17H23NO3/c1-16(2)10-17(3,4)15(16)18-13(19)11-6-8-12(9-7-11)14(20)21-5/h6-9,15H,10H2,1-5H3,(H,18,19). The van der Waals surface area contributed by atoms with Crippen molar-refractivity contribution in [1.29, 1.82) is 0 Å². The Bertz CT molecular complexity index is 544. The molecule has 1 aliphatic carbocycles. The van der Waals surface area contributed by atoms with Crippen molar-refractivity contribution in [2.75, 3.05) is 7.11 Å². The number of methoxy groups -OCH3 is 1. The Balaban J connectivity index is 2.09. The topological polar surface area (TPSA) is 55.4 Å². The summed E-state index contributed by atoms with van der Waals surface area (Å²) < 4.78 is 4.64. The van der Waals surface area contributed by atoms with Crippen molar-refractivity contribution in [3.8, 4) is 0 Å². The lowest BCUT2D eigenvalue weighted by molar-refractivity contribution is -0.0366. The molecule has 0 unspecified atom stereocenters. The molecule has 4 heteroatoms. The third-order valence-corrected chi connectivity index (χ3v) is 4.32. The third-order valence-electron chi connectivity index (χ3n) is 4.32. The second kappa shape index (κ2) is 5.17. The smallest absolute Gasteiger partial charge is 0.337 e. The highest BCUT2D eigenvalue weighted by molar-refractivity contribution is 5.96. The van der Waals surface area contributed by atoms with E-state index in [0.717, 1.165) is 6.42 Å². The van der Waals surface area contributed by atoms with Crippen molar-refractivity contribution in [2.24, 2.45) is 10.8 Å². The molecule has 0 radical (unpaired) electrons. The number of rotatable bonds is 3. The van der Waals surface area contributed by atoms with Crippen LogP contribution in [-0.2, 0) is 4.74 Å². The van der Waals surface area contributed by atoms with Gasteiger partial charge in [0.15, 0.2) is 0 Å². The molecule has 21 heavy (non-hydrogen) atoms. The molecular formula is C17H23NO3. The summed E-state index contributed by atoms with van der Waals surface area (Å²) in [5.74, 6) is -0.500. The Hall–Kier alpha value is -1.84. The van der Waals surface area contributed by atoms with Crippen LogP contribution in [0.2, 0.25) is 0 Å². The van der Waals surface area contributed by atoms with Gasteiger partial charge in [0.2, 0.25) is 0 Å². The summed E-state index contributed by atoms with van der Waals surface area (Å²) in [4.78, 5) is 23.7. The molecule has 4 nitrogen and oxygen atoms in total. The van der Waals surface area contributed by atoms with Crippen LogP contribution in [0.15, 0.2) is 24.3 Å². The monoisotopic (exact) mass is 289 g/mol. The molecule has 114 valence electrons. The first-order chi connectivity index (χ1) is 9.67. The van der Waals surface area contributed by atoms with Crippen LogP contribution in [0.5, 0.6) is 0 Å². The van der Waals surface area contributed by atoms with Crippen molar-refractivity contribution < 1.29 is 14.3 Å².